The van der Waals surface area contributed by atoms with E-state index in [1.165, 1.54) is 31.0 Å². The molecule has 110 valence electrons. The van der Waals surface area contributed by atoms with Crippen LogP contribution in [0.5, 0.6) is 0 Å². The van der Waals surface area contributed by atoms with Gasteiger partial charge in [-0.05, 0) is 24.5 Å². The van der Waals surface area contributed by atoms with Gasteiger partial charge in [-0.15, -0.1) is 0 Å². The number of unbranched alkanes of at least 4 members (excludes halogenated alkanes) is 2. The number of ether oxygens (including phenoxy) is 1. The van der Waals surface area contributed by atoms with Crippen LogP contribution in [0.1, 0.15) is 45.1 Å². The van der Waals surface area contributed by atoms with Crippen LogP contribution in [0.25, 0.3) is 0 Å². The van der Waals surface area contributed by atoms with Crippen molar-refractivity contribution in [2.45, 2.75) is 44.9 Å². The normalized spacial score (nSPS) is 20.9. The molecule has 0 amide bonds. The maximum atomic E-state index is 10.7. The number of rotatable bonds is 6. The molecule has 0 spiro atoms. The predicted molar refractivity (Wildman–Crippen MR) is 82.2 cm³/mol. The molecule has 0 aromatic heterocycles. The Morgan fingerprint density at radius 1 is 1.30 bits per heavy atom. The van der Waals surface area contributed by atoms with Crippen LogP contribution in [0, 0.1) is 0 Å². The van der Waals surface area contributed by atoms with Crippen LogP contribution in [-0.4, -0.2) is 26.2 Å². The Kier molecular flexibility index (Phi) is 4.69. The lowest BCUT2D eigenvalue weighted by atomic mass is 9.80. The molecule has 0 radical (unpaired) electrons. The zero-order chi connectivity index (χ0) is 14.6. The maximum Gasteiger partial charge on any atom is 0.302 e. The Morgan fingerprint density at radius 2 is 2.05 bits per heavy atom. The minimum Gasteiger partial charge on any atom is -0.466 e. The van der Waals surface area contributed by atoms with Gasteiger partial charge in [0.1, 0.15) is 0 Å². The number of hydrogen-bond donors (Lipinski definition) is 0. The van der Waals surface area contributed by atoms with Crippen molar-refractivity contribution in [2.24, 2.45) is 0 Å². The standard InChI is InChI=1S/C17H25NO2/c1-14(19)20-12-8-4-7-11-17(2)13-18(3)16-10-6-5-9-15(16)17/h5-6,9-10H,4,7-8,11-13H2,1-3H3/t17-/m0/s1. The molecule has 3 nitrogen and oxygen atoms in total. The highest BCUT2D eigenvalue weighted by molar-refractivity contribution is 5.65. The summed E-state index contributed by atoms with van der Waals surface area (Å²) in [5.74, 6) is -0.177. The van der Waals surface area contributed by atoms with Crippen LogP contribution in [0.2, 0.25) is 0 Å². The molecule has 0 N–H and O–H groups in total. The zero-order valence-corrected chi connectivity index (χ0v) is 12.8. The molecular formula is C17H25NO2. The SMILES string of the molecule is CC(=O)OCCCCC[C@@]1(C)CN(C)c2ccccc21. The van der Waals surface area contributed by atoms with Gasteiger partial charge in [-0.1, -0.05) is 38.0 Å². The fourth-order valence-electron chi connectivity index (χ4n) is 3.23. The highest BCUT2D eigenvalue weighted by Gasteiger charge is 2.36. The van der Waals surface area contributed by atoms with Crippen molar-refractivity contribution < 1.29 is 9.53 Å². The Morgan fingerprint density at radius 3 is 2.80 bits per heavy atom. The molecule has 0 bridgehead atoms. The second kappa shape index (κ2) is 6.29. The fourth-order valence-corrected chi connectivity index (χ4v) is 3.23. The van der Waals surface area contributed by atoms with Gasteiger partial charge in [0.05, 0.1) is 6.61 Å². The van der Waals surface area contributed by atoms with Crippen molar-refractivity contribution in [3.63, 3.8) is 0 Å². The molecule has 1 heterocycles. The first-order valence-corrected chi connectivity index (χ1v) is 7.47. The first-order valence-electron chi connectivity index (χ1n) is 7.47. The Bertz CT molecular complexity index is 472. The third kappa shape index (κ3) is 3.33. The van der Waals surface area contributed by atoms with E-state index in [0.29, 0.717) is 6.61 Å². The summed E-state index contributed by atoms with van der Waals surface area (Å²) in [6, 6.07) is 8.72. The van der Waals surface area contributed by atoms with E-state index in [4.69, 9.17) is 4.74 Å². The molecule has 1 aromatic rings. The van der Waals surface area contributed by atoms with E-state index >= 15 is 0 Å². The quantitative estimate of drug-likeness (QED) is 0.587. The molecular weight excluding hydrogens is 250 g/mol. The Hall–Kier alpha value is -1.51. The van der Waals surface area contributed by atoms with E-state index in [0.717, 1.165) is 19.4 Å². The third-order valence-electron chi connectivity index (χ3n) is 4.23. The van der Waals surface area contributed by atoms with E-state index in [1.54, 1.807) is 0 Å². The summed E-state index contributed by atoms with van der Waals surface area (Å²) in [6.45, 7) is 5.48. The van der Waals surface area contributed by atoms with Gasteiger partial charge in [0, 0.05) is 31.6 Å². The highest BCUT2D eigenvalue weighted by atomic mass is 16.5. The van der Waals surface area contributed by atoms with Crippen molar-refractivity contribution >= 4 is 11.7 Å². The van der Waals surface area contributed by atoms with Gasteiger partial charge in [0.2, 0.25) is 0 Å². The summed E-state index contributed by atoms with van der Waals surface area (Å²) < 4.78 is 4.97. The summed E-state index contributed by atoms with van der Waals surface area (Å²) in [7, 11) is 2.17. The molecule has 1 aromatic carbocycles. The number of anilines is 1. The van der Waals surface area contributed by atoms with Gasteiger partial charge in [-0.3, -0.25) is 4.79 Å². The molecule has 1 aliphatic rings. The molecule has 0 saturated carbocycles. The van der Waals surface area contributed by atoms with Crippen molar-refractivity contribution in [1.29, 1.82) is 0 Å². The summed E-state index contributed by atoms with van der Waals surface area (Å²) in [4.78, 5) is 13.0. The number of carbonyl (C=O) groups is 1. The van der Waals surface area contributed by atoms with Crippen LogP contribution in [-0.2, 0) is 14.9 Å². The molecule has 1 atom stereocenters. The number of nitrogens with zero attached hydrogens (tertiary/aromatic N) is 1. The smallest absolute Gasteiger partial charge is 0.302 e. The van der Waals surface area contributed by atoms with Crippen molar-refractivity contribution in [3.05, 3.63) is 29.8 Å². The van der Waals surface area contributed by atoms with Crippen molar-refractivity contribution in [2.75, 3.05) is 25.1 Å². The first-order chi connectivity index (χ1) is 9.53. The van der Waals surface area contributed by atoms with E-state index in [-0.39, 0.29) is 11.4 Å². The number of benzene rings is 1. The molecule has 0 saturated heterocycles. The van der Waals surface area contributed by atoms with Gasteiger partial charge in [0.15, 0.2) is 0 Å². The second-order valence-corrected chi connectivity index (χ2v) is 6.08. The predicted octanol–water partition coefficient (Wildman–Crippen LogP) is 3.52. The van der Waals surface area contributed by atoms with E-state index in [9.17, 15) is 4.79 Å². The molecule has 2 rings (SSSR count). The number of fused-ring (bicyclic) bond motifs is 1. The maximum absolute atomic E-state index is 10.7. The number of esters is 1. The average molecular weight is 275 g/mol. The van der Waals surface area contributed by atoms with Crippen LogP contribution < -0.4 is 4.90 Å². The molecule has 20 heavy (non-hydrogen) atoms. The number of para-hydroxylation sites is 1. The topological polar surface area (TPSA) is 29.5 Å². The minimum atomic E-state index is -0.177. The van der Waals surface area contributed by atoms with Crippen molar-refractivity contribution in [1.82, 2.24) is 0 Å². The van der Waals surface area contributed by atoms with Gasteiger partial charge in [0.25, 0.3) is 0 Å². The van der Waals surface area contributed by atoms with E-state index in [2.05, 4.69) is 43.1 Å². The monoisotopic (exact) mass is 275 g/mol. The molecule has 0 unspecified atom stereocenters. The number of likely N-dealkylation sites (N-methyl/N-ethyl adjacent to an activating group) is 1. The molecule has 0 aliphatic carbocycles. The lowest BCUT2D eigenvalue weighted by Gasteiger charge is -2.25. The summed E-state index contributed by atoms with van der Waals surface area (Å²) in [5.41, 5.74) is 3.10. The fraction of sp³-hybridized carbons (Fsp3) is 0.588. The van der Waals surface area contributed by atoms with E-state index < -0.39 is 0 Å². The lowest BCUT2D eigenvalue weighted by molar-refractivity contribution is -0.141. The zero-order valence-electron chi connectivity index (χ0n) is 12.8. The first kappa shape index (κ1) is 14.9. The van der Waals surface area contributed by atoms with Crippen LogP contribution in [0.15, 0.2) is 24.3 Å². The number of carbonyl (C=O) groups excluding carboxylic acids is 1. The van der Waals surface area contributed by atoms with E-state index in [1.807, 2.05) is 0 Å². The molecule has 0 fully saturated rings. The Labute approximate surface area is 121 Å². The van der Waals surface area contributed by atoms with Gasteiger partial charge in [-0.2, -0.15) is 0 Å². The minimum absolute atomic E-state index is 0.177. The molecule has 1 aliphatic heterocycles. The van der Waals surface area contributed by atoms with Crippen molar-refractivity contribution in [3.8, 4) is 0 Å². The van der Waals surface area contributed by atoms with Crippen LogP contribution in [0.4, 0.5) is 5.69 Å². The number of hydrogen-bond acceptors (Lipinski definition) is 3. The Balaban J connectivity index is 1.83. The van der Waals surface area contributed by atoms with Crippen LogP contribution in [0.3, 0.4) is 0 Å². The van der Waals surface area contributed by atoms with Gasteiger partial charge < -0.3 is 9.64 Å². The second-order valence-electron chi connectivity index (χ2n) is 6.08. The largest absolute Gasteiger partial charge is 0.466 e. The summed E-state index contributed by atoms with van der Waals surface area (Å²) in [6.07, 6.45) is 4.45. The highest BCUT2D eigenvalue weighted by Crippen LogP contribution is 2.42. The summed E-state index contributed by atoms with van der Waals surface area (Å²) in [5, 5.41) is 0. The van der Waals surface area contributed by atoms with Gasteiger partial charge >= 0.3 is 5.97 Å². The summed E-state index contributed by atoms with van der Waals surface area (Å²) >= 11 is 0. The lowest BCUT2D eigenvalue weighted by Crippen LogP contribution is -2.28. The molecule has 3 heteroatoms. The third-order valence-corrected chi connectivity index (χ3v) is 4.23. The van der Waals surface area contributed by atoms with Crippen LogP contribution >= 0.6 is 0 Å². The van der Waals surface area contributed by atoms with Gasteiger partial charge in [-0.25, -0.2) is 0 Å². The average Bonchev–Trinajstić information content (AvgIpc) is 2.67.